The SMILES string of the molecule is CC(CCCC1CCNCC1)C(C)(N)C(C)(C)N. The van der Waals surface area contributed by atoms with Gasteiger partial charge in [-0.3, -0.25) is 0 Å². The van der Waals surface area contributed by atoms with Crippen molar-refractivity contribution >= 4 is 0 Å². The Hall–Kier alpha value is -0.120. The first-order valence-electron chi connectivity index (χ1n) is 7.53. The molecule has 2 atom stereocenters. The molecule has 3 heteroatoms. The van der Waals surface area contributed by atoms with Gasteiger partial charge < -0.3 is 16.8 Å². The molecule has 1 aliphatic rings. The van der Waals surface area contributed by atoms with Gasteiger partial charge in [0, 0.05) is 11.1 Å². The first-order valence-corrected chi connectivity index (χ1v) is 7.53. The maximum Gasteiger partial charge on any atom is 0.0328 e. The smallest absolute Gasteiger partial charge is 0.0328 e. The van der Waals surface area contributed by atoms with Crippen LogP contribution in [0.15, 0.2) is 0 Å². The second kappa shape index (κ2) is 6.36. The maximum absolute atomic E-state index is 6.42. The van der Waals surface area contributed by atoms with Crippen molar-refractivity contribution < 1.29 is 0 Å². The van der Waals surface area contributed by atoms with Crippen LogP contribution in [0.3, 0.4) is 0 Å². The highest BCUT2D eigenvalue weighted by atomic mass is 14.9. The van der Waals surface area contributed by atoms with Crippen molar-refractivity contribution in [2.24, 2.45) is 23.3 Å². The zero-order valence-electron chi connectivity index (χ0n) is 12.8. The van der Waals surface area contributed by atoms with Crippen LogP contribution in [0, 0.1) is 11.8 Å². The lowest BCUT2D eigenvalue weighted by molar-refractivity contribution is 0.182. The summed E-state index contributed by atoms with van der Waals surface area (Å²) in [5, 5.41) is 3.42. The summed E-state index contributed by atoms with van der Waals surface area (Å²) in [7, 11) is 0. The molecule has 0 amide bonds. The Balaban J connectivity index is 2.30. The van der Waals surface area contributed by atoms with Gasteiger partial charge in [0.1, 0.15) is 0 Å². The highest BCUT2D eigenvalue weighted by Crippen LogP contribution is 2.30. The molecule has 3 nitrogen and oxygen atoms in total. The Morgan fingerprint density at radius 1 is 1.17 bits per heavy atom. The minimum absolute atomic E-state index is 0.291. The molecule has 18 heavy (non-hydrogen) atoms. The van der Waals surface area contributed by atoms with E-state index >= 15 is 0 Å². The van der Waals surface area contributed by atoms with E-state index < -0.39 is 0 Å². The Kier molecular flexibility index (Phi) is 5.63. The Labute approximate surface area is 113 Å². The highest BCUT2D eigenvalue weighted by Gasteiger charge is 2.38. The summed E-state index contributed by atoms with van der Waals surface area (Å²) >= 11 is 0. The normalized spacial score (nSPS) is 23.7. The van der Waals surface area contributed by atoms with E-state index in [0.717, 1.165) is 5.92 Å². The van der Waals surface area contributed by atoms with Gasteiger partial charge in [-0.15, -0.1) is 0 Å². The lowest BCUT2D eigenvalue weighted by Crippen LogP contribution is -2.64. The van der Waals surface area contributed by atoms with Crippen LogP contribution in [-0.2, 0) is 0 Å². The molecule has 0 bridgehead atoms. The largest absolute Gasteiger partial charge is 0.324 e. The second-order valence-corrected chi connectivity index (χ2v) is 7.03. The van der Waals surface area contributed by atoms with Crippen LogP contribution in [0.2, 0.25) is 0 Å². The fourth-order valence-corrected chi connectivity index (χ4v) is 2.82. The van der Waals surface area contributed by atoms with Gasteiger partial charge >= 0.3 is 0 Å². The van der Waals surface area contributed by atoms with Crippen LogP contribution in [0.25, 0.3) is 0 Å². The number of hydrogen-bond acceptors (Lipinski definition) is 3. The number of rotatable bonds is 6. The van der Waals surface area contributed by atoms with Gasteiger partial charge in [0.25, 0.3) is 0 Å². The van der Waals surface area contributed by atoms with Crippen molar-refractivity contribution in [1.29, 1.82) is 0 Å². The standard InChI is InChI=1S/C15H33N3/c1-12(15(4,17)14(2,3)16)6-5-7-13-8-10-18-11-9-13/h12-13,18H,5-11,16-17H2,1-4H3. The van der Waals surface area contributed by atoms with Crippen molar-refractivity contribution in [3.05, 3.63) is 0 Å². The highest BCUT2D eigenvalue weighted by molar-refractivity contribution is 5.01. The molecule has 1 saturated heterocycles. The quantitative estimate of drug-likeness (QED) is 0.682. The molecule has 0 aromatic heterocycles. The average Bonchev–Trinajstić information content (AvgIpc) is 2.28. The molecule has 108 valence electrons. The molecular weight excluding hydrogens is 222 g/mol. The molecule has 1 aliphatic heterocycles. The minimum atomic E-state index is -0.318. The third-order valence-corrected chi connectivity index (χ3v) is 5.12. The number of piperidine rings is 1. The van der Waals surface area contributed by atoms with Crippen LogP contribution >= 0.6 is 0 Å². The van der Waals surface area contributed by atoms with E-state index in [0.29, 0.717) is 5.92 Å². The van der Waals surface area contributed by atoms with Gasteiger partial charge in [0.15, 0.2) is 0 Å². The molecule has 0 spiro atoms. The lowest BCUT2D eigenvalue weighted by atomic mass is 9.72. The van der Waals surface area contributed by atoms with Crippen LogP contribution in [-0.4, -0.2) is 24.2 Å². The van der Waals surface area contributed by atoms with Crippen LogP contribution in [0.4, 0.5) is 0 Å². The van der Waals surface area contributed by atoms with E-state index in [-0.39, 0.29) is 11.1 Å². The molecule has 1 rings (SSSR count). The van der Waals surface area contributed by atoms with Crippen molar-refractivity contribution in [2.45, 2.75) is 70.9 Å². The van der Waals surface area contributed by atoms with E-state index in [1.165, 1.54) is 45.2 Å². The topological polar surface area (TPSA) is 64.1 Å². The summed E-state index contributed by atoms with van der Waals surface area (Å²) in [4.78, 5) is 0. The van der Waals surface area contributed by atoms with Gasteiger partial charge in [-0.05, 0) is 65.0 Å². The van der Waals surface area contributed by atoms with Crippen molar-refractivity contribution in [1.82, 2.24) is 5.32 Å². The number of nitrogens with two attached hydrogens (primary N) is 2. The molecular formula is C15H33N3. The van der Waals surface area contributed by atoms with E-state index in [1.54, 1.807) is 0 Å². The summed E-state index contributed by atoms with van der Waals surface area (Å²) < 4.78 is 0. The van der Waals surface area contributed by atoms with E-state index in [4.69, 9.17) is 11.5 Å². The molecule has 0 radical (unpaired) electrons. The maximum atomic E-state index is 6.42. The van der Waals surface area contributed by atoms with Crippen molar-refractivity contribution in [2.75, 3.05) is 13.1 Å². The van der Waals surface area contributed by atoms with Crippen LogP contribution in [0.5, 0.6) is 0 Å². The first kappa shape index (κ1) is 15.9. The number of nitrogens with one attached hydrogen (secondary N) is 1. The van der Waals surface area contributed by atoms with Crippen molar-refractivity contribution in [3.63, 3.8) is 0 Å². The summed E-state index contributed by atoms with van der Waals surface area (Å²) in [6.07, 6.45) is 6.52. The van der Waals surface area contributed by atoms with Crippen LogP contribution < -0.4 is 16.8 Å². The summed E-state index contributed by atoms with van der Waals surface area (Å²) in [6, 6.07) is 0. The summed E-state index contributed by atoms with van der Waals surface area (Å²) in [6.45, 7) is 10.8. The van der Waals surface area contributed by atoms with Gasteiger partial charge in [0.05, 0.1) is 0 Å². The van der Waals surface area contributed by atoms with E-state index in [1.807, 2.05) is 13.8 Å². The average molecular weight is 255 g/mol. The molecule has 5 N–H and O–H groups in total. The predicted octanol–water partition coefficient (Wildman–Crippen LogP) is 2.25. The summed E-state index contributed by atoms with van der Waals surface area (Å²) in [5.74, 6) is 1.40. The minimum Gasteiger partial charge on any atom is -0.324 e. The van der Waals surface area contributed by atoms with Gasteiger partial charge in [-0.1, -0.05) is 19.8 Å². The third-order valence-electron chi connectivity index (χ3n) is 5.12. The number of hydrogen-bond donors (Lipinski definition) is 3. The Bertz CT molecular complexity index is 237. The van der Waals surface area contributed by atoms with Gasteiger partial charge in [0.2, 0.25) is 0 Å². The molecule has 1 fully saturated rings. The Morgan fingerprint density at radius 2 is 1.72 bits per heavy atom. The van der Waals surface area contributed by atoms with E-state index in [9.17, 15) is 0 Å². The van der Waals surface area contributed by atoms with Gasteiger partial charge in [-0.25, -0.2) is 0 Å². The fourth-order valence-electron chi connectivity index (χ4n) is 2.82. The van der Waals surface area contributed by atoms with Gasteiger partial charge in [-0.2, -0.15) is 0 Å². The summed E-state index contributed by atoms with van der Waals surface area (Å²) in [5.41, 5.74) is 12.0. The molecule has 0 aromatic carbocycles. The second-order valence-electron chi connectivity index (χ2n) is 7.03. The fraction of sp³-hybridized carbons (Fsp3) is 1.00. The molecule has 1 heterocycles. The zero-order chi connectivity index (χ0) is 13.8. The molecule has 2 unspecified atom stereocenters. The molecule has 0 saturated carbocycles. The first-order chi connectivity index (χ1) is 8.25. The third kappa shape index (κ3) is 4.22. The van der Waals surface area contributed by atoms with Crippen molar-refractivity contribution in [3.8, 4) is 0 Å². The molecule has 0 aliphatic carbocycles. The monoisotopic (exact) mass is 255 g/mol. The predicted molar refractivity (Wildman–Crippen MR) is 79.5 cm³/mol. The van der Waals surface area contributed by atoms with Crippen LogP contribution in [0.1, 0.15) is 59.8 Å². The lowest BCUT2D eigenvalue weighted by Gasteiger charge is -2.43. The Morgan fingerprint density at radius 3 is 2.22 bits per heavy atom. The molecule has 0 aromatic rings. The van der Waals surface area contributed by atoms with E-state index in [2.05, 4.69) is 19.2 Å². The zero-order valence-corrected chi connectivity index (χ0v) is 12.8.